The maximum atomic E-state index is 11.7. The number of ketones is 1. The molecule has 0 aliphatic rings. The van der Waals surface area contributed by atoms with Gasteiger partial charge in [-0.1, -0.05) is 0 Å². The minimum absolute atomic E-state index is 0.0374. The quantitative estimate of drug-likeness (QED) is 0.729. The molecule has 0 atom stereocenters. The van der Waals surface area contributed by atoms with Gasteiger partial charge in [0.2, 0.25) is 0 Å². The number of nitrogens with zero attached hydrogens (tertiary/aromatic N) is 4. The lowest BCUT2D eigenvalue weighted by atomic mass is 10.2. The fourth-order valence-electron chi connectivity index (χ4n) is 1.32. The van der Waals surface area contributed by atoms with Crippen LogP contribution in [0.15, 0.2) is 18.6 Å². The summed E-state index contributed by atoms with van der Waals surface area (Å²) in [6.07, 6.45) is 5.34. The van der Waals surface area contributed by atoms with Crippen LogP contribution in [-0.4, -0.2) is 24.1 Å². The van der Waals surface area contributed by atoms with Crippen LogP contribution in [-0.2, 0) is 13.0 Å². The Morgan fingerprint density at radius 1 is 1.60 bits per heavy atom. The van der Waals surface area contributed by atoms with E-state index in [0.29, 0.717) is 5.69 Å². The summed E-state index contributed by atoms with van der Waals surface area (Å²) in [5, 5.41) is 0. The molecule has 0 aliphatic carbocycles. The van der Waals surface area contributed by atoms with Gasteiger partial charge in [-0.15, -0.1) is 0 Å². The van der Waals surface area contributed by atoms with Gasteiger partial charge in [0.25, 0.3) is 0 Å². The van der Waals surface area contributed by atoms with E-state index in [-0.39, 0.29) is 12.2 Å². The van der Waals surface area contributed by atoms with Gasteiger partial charge in [0.1, 0.15) is 11.5 Å². The van der Waals surface area contributed by atoms with E-state index < -0.39 is 0 Å². The molecular formula is C9H10N4OS. The highest BCUT2D eigenvalue weighted by Gasteiger charge is 2.12. The number of carbonyl (C=O) groups excluding carboxylic acids is 1. The molecule has 0 amide bonds. The predicted molar refractivity (Wildman–Crippen MR) is 55.8 cm³/mol. The number of carbonyl (C=O) groups is 1. The van der Waals surface area contributed by atoms with Crippen molar-refractivity contribution < 1.29 is 4.79 Å². The molecule has 2 heterocycles. The highest BCUT2D eigenvalue weighted by atomic mass is 32.1. The largest absolute Gasteiger partial charge is 0.335 e. The minimum Gasteiger partial charge on any atom is -0.335 e. The van der Waals surface area contributed by atoms with Crippen molar-refractivity contribution >= 4 is 17.5 Å². The lowest BCUT2D eigenvalue weighted by Gasteiger charge is -2.01. The number of imidazole rings is 1. The average Bonchev–Trinajstić information content (AvgIpc) is 2.87. The fraction of sp³-hybridized carbons (Fsp3) is 0.333. The van der Waals surface area contributed by atoms with Crippen molar-refractivity contribution in [3.05, 3.63) is 30.1 Å². The highest BCUT2D eigenvalue weighted by molar-refractivity contribution is 6.99. The van der Waals surface area contributed by atoms with Crippen molar-refractivity contribution in [2.45, 2.75) is 19.9 Å². The first kappa shape index (κ1) is 9.97. The average molecular weight is 222 g/mol. The molecule has 5 nitrogen and oxygen atoms in total. The van der Waals surface area contributed by atoms with Gasteiger partial charge in [-0.2, -0.15) is 8.75 Å². The van der Waals surface area contributed by atoms with Crippen molar-refractivity contribution in [2.75, 3.05) is 0 Å². The predicted octanol–water partition coefficient (Wildman–Crippen LogP) is 1.18. The molecule has 2 rings (SSSR count). The van der Waals surface area contributed by atoms with E-state index in [2.05, 4.69) is 13.7 Å². The van der Waals surface area contributed by atoms with E-state index >= 15 is 0 Å². The number of aromatic nitrogens is 4. The second-order valence-electron chi connectivity index (χ2n) is 3.02. The topological polar surface area (TPSA) is 60.7 Å². The van der Waals surface area contributed by atoms with Crippen molar-refractivity contribution in [1.82, 2.24) is 18.3 Å². The summed E-state index contributed by atoms with van der Waals surface area (Å²) in [5.74, 6) is 0.736. The lowest BCUT2D eigenvalue weighted by Crippen LogP contribution is -2.09. The number of hydrogen-bond acceptors (Lipinski definition) is 5. The van der Waals surface area contributed by atoms with Crippen LogP contribution in [0.4, 0.5) is 0 Å². The first-order valence-corrected chi connectivity index (χ1v) is 5.35. The smallest absolute Gasteiger partial charge is 0.191 e. The second kappa shape index (κ2) is 4.31. The lowest BCUT2D eigenvalue weighted by molar-refractivity contribution is 0.0986. The summed E-state index contributed by atoms with van der Waals surface area (Å²) >= 11 is 1.04. The molecule has 0 fully saturated rings. The van der Waals surface area contributed by atoms with E-state index in [1.807, 2.05) is 17.7 Å². The summed E-state index contributed by atoms with van der Waals surface area (Å²) < 4.78 is 9.64. The Bertz CT molecular complexity index is 448. The monoisotopic (exact) mass is 222 g/mol. The Labute approximate surface area is 91.1 Å². The third kappa shape index (κ3) is 2.10. The number of Topliss-reactive ketones (excluding diaryl/α,β-unsaturated/α-hetero) is 1. The molecule has 0 radical (unpaired) electrons. The van der Waals surface area contributed by atoms with Crippen LogP contribution in [0.1, 0.15) is 23.2 Å². The summed E-state index contributed by atoms with van der Waals surface area (Å²) in [7, 11) is 0. The Morgan fingerprint density at radius 3 is 3.13 bits per heavy atom. The molecule has 0 unspecified atom stereocenters. The number of rotatable bonds is 4. The molecule has 2 aromatic rings. The first-order chi connectivity index (χ1) is 7.31. The second-order valence-corrected chi connectivity index (χ2v) is 3.58. The van der Waals surface area contributed by atoms with Crippen LogP contribution in [0, 0.1) is 0 Å². The van der Waals surface area contributed by atoms with E-state index in [4.69, 9.17) is 0 Å². The number of aryl methyl sites for hydroxylation is 1. The Balaban J connectivity index is 2.13. The van der Waals surface area contributed by atoms with Gasteiger partial charge >= 0.3 is 0 Å². The Kier molecular flexibility index (Phi) is 2.86. The molecular weight excluding hydrogens is 212 g/mol. The van der Waals surface area contributed by atoms with Crippen LogP contribution >= 0.6 is 11.7 Å². The van der Waals surface area contributed by atoms with Crippen LogP contribution in [0.3, 0.4) is 0 Å². The molecule has 6 heteroatoms. The minimum atomic E-state index is -0.0374. The molecule has 0 saturated heterocycles. The summed E-state index contributed by atoms with van der Waals surface area (Å²) in [6.45, 7) is 2.83. The van der Waals surface area contributed by atoms with E-state index in [1.165, 1.54) is 6.20 Å². The maximum Gasteiger partial charge on any atom is 0.191 e. The third-order valence-electron chi connectivity index (χ3n) is 2.11. The van der Waals surface area contributed by atoms with Crippen LogP contribution < -0.4 is 0 Å². The standard InChI is InChI=1S/C9H10N4OS/c1-2-13-4-3-10-9(13)5-8(14)7-6-11-15-12-7/h3-4,6H,2,5H2,1H3. The van der Waals surface area contributed by atoms with E-state index in [9.17, 15) is 4.79 Å². The molecule has 0 saturated carbocycles. The molecule has 78 valence electrons. The summed E-state index contributed by atoms with van der Waals surface area (Å²) in [6, 6.07) is 0. The molecule has 0 N–H and O–H groups in total. The van der Waals surface area contributed by atoms with Gasteiger partial charge < -0.3 is 4.57 Å². The summed E-state index contributed by atoms with van der Waals surface area (Å²) in [4.78, 5) is 15.8. The van der Waals surface area contributed by atoms with Crippen LogP contribution in [0.2, 0.25) is 0 Å². The normalized spacial score (nSPS) is 10.5. The van der Waals surface area contributed by atoms with E-state index in [1.54, 1.807) is 6.20 Å². The van der Waals surface area contributed by atoms with Crippen LogP contribution in [0.5, 0.6) is 0 Å². The zero-order chi connectivity index (χ0) is 10.7. The fourth-order valence-corrected chi connectivity index (χ4v) is 1.75. The van der Waals surface area contributed by atoms with Crippen molar-refractivity contribution in [3.8, 4) is 0 Å². The molecule has 0 spiro atoms. The molecule has 15 heavy (non-hydrogen) atoms. The van der Waals surface area contributed by atoms with Crippen molar-refractivity contribution in [3.63, 3.8) is 0 Å². The molecule has 2 aromatic heterocycles. The first-order valence-electron chi connectivity index (χ1n) is 4.62. The van der Waals surface area contributed by atoms with Crippen LogP contribution in [0.25, 0.3) is 0 Å². The van der Waals surface area contributed by atoms with Gasteiger partial charge in [0.05, 0.1) is 24.3 Å². The van der Waals surface area contributed by atoms with Gasteiger partial charge in [0.15, 0.2) is 5.78 Å². The van der Waals surface area contributed by atoms with Crippen molar-refractivity contribution in [1.29, 1.82) is 0 Å². The van der Waals surface area contributed by atoms with Gasteiger partial charge in [-0.05, 0) is 6.92 Å². The van der Waals surface area contributed by atoms with Crippen molar-refractivity contribution in [2.24, 2.45) is 0 Å². The zero-order valence-corrected chi connectivity index (χ0v) is 9.07. The van der Waals surface area contributed by atoms with Gasteiger partial charge in [0, 0.05) is 18.9 Å². The number of hydrogen-bond donors (Lipinski definition) is 0. The molecule has 0 aromatic carbocycles. The van der Waals surface area contributed by atoms with Gasteiger partial charge in [-0.25, -0.2) is 4.98 Å². The molecule has 0 bridgehead atoms. The van der Waals surface area contributed by atoms with E-state index in [0.717, 1.165) is 24.1 Å². The zero-order valence-electron chi connectivity index (χ0n) is 8.25. The maximum absolute atomic E-state index is 11.7. The Hall–Kier alpha value is -1.56. The molecule has 0 aliphatic heterocycles. The highest BCUT2D eigenvalue weighted by Crippen LogP contribution is 2.04. The van der Waals surface area contributed by atoms with Gasteiger partial charge in [-0.3, -0.25) is 4.79 Å². The Morgan fingerprint density at radius 2 is 2.47 bits per heavy atom. The SMILES string of the molecule is CCn1ccnc1CC(=O)c1cnsn1. The third-order valence-corrected chi connectivity index (χ3v) is 2.59. The summed E-state index contributed by atoms with van der Waals surface area (Å²) in [5.41, 5.74) is 0.422.